The quantitative estimate of drug-likeness (QED) is 0.713. The van der Waals surface area contributed by atoms with Crippen LogP contribution in [0.5, 0.6) is 0 Å². The molecule has 3 aromatic rings. The van der Waals surface area contributed by atoms with Gasteiger partial charge < -0.3 is 10.1 Å². The van der Waals surface area contributed by atoms with Gasteiger partial charge in [0, 0.05) is 29.9 Å². The molecule has 1 N–H and O–H groups in total. The van der Waals surface area contributed by atoms with E-state index in [1.807, 2.05) is 25.1 Å². The highest BCUT2D eigenvalue weighted by atomic mass is 16.5. The number of ether oxygens (including phenoxy) is 1. The second-order valence-electron chi connectivity index (χ2n) is 5.66. The fraction of sp³-hybridized carbons (Fsp3) is 0.263. The Kier molecular flexibility index (Phi) is 4.97. The number of nitrogens with zero attached hydrogens (tertiary/aromatic N) is 3. The lowest BCUT2D eigenvalue weighted by Gasteiger charge is -2.05. The standard InChI is InChI=1S/C19H20N4O3/c1-4-14-10-16(19(25)26-5-2)21-17-11-15(22-23(14)17)12-6-8-13(9-7-12)18(24)20-3/h6-11H,4-5H2,1-3H3,(H,20,24). The molecule has 134 valence electrons. The van der Waals surface area contributed by atoms with Crippen LogP contribution >= 0.6 is 0 Å². The molecule has 0 aliphatic heterocycles. The Hall–Kier alpha value is -3.22. The second-order valence-corrected chi connectivity index (χ2v) is 5.66. The summed E-state index contributed by atoms with van der Waals surface area (Å²) >= 11 is 0. The van der Waals surface area contributed by atoms with E-state index in [9.17, 15) is 9.59 Å². The van der Waals surface area contributed by atoms with Crippen LogP contribution in [0.3, 0.4) is 0 Å². The van der Waals surface area contributed by atoms with E-state index in [-0.39, 0.29) is 11.6 Å². The maximum atomic E-state index is 12.0. The number of hydrogen-bond donors (Lipinski definition) is 1. The molecule has 0 aliphatic rings. The monoisotopic (exact) mass is 352 g/mol. The minimum atomic E-state index is -0.442. The molecule has 0 aliphatic carbocycles. The second kappa shape index (κ2) is 7.35. The SMILES string of the molecule is CCOC(=O)c1cc(CC)n2nc(-c3ccc(C(=O)NC)cc3)cc2n1. The van der Waals surface area contributed by atoms with E-state index in [1.165, 1.54) is 0 Å². The summed E-state index contributed by atoms with van der Waals surface area (Å²) in [6.45, 7) is 4.05. The molecule has 0 unspecified atom stereocenters. The number of esters is 1. The van der Waals surface area contributed by atoms with Crippen molar-refractivity contribution in [2.45, 2.75) is 20.3 Å². The number of hydrogen-bond acceptors (Lipinski definition) is 5. The molecule has 0 spiro atoms. The van der Waals surface area contributed by atoms with E-state index in [1.54, 1.807) is 36.7 Å². The van der Waals surface area contributed by atoms with Crippen molar-refractivity contribution in [1.82, 2.24) is 19.9 Å². The lowest BCUT2D eigenvalue weighted by Crippen LogP contribution is -2.17. The Morgan fingerprint density at radius 3 is 2.50 bits per heavy atom. The number of amides is 1. The Morgan fingerprint density at radius 2 is 1.88 bits per heavy atom. The van der Waals surface area contributed by atoms with Crippen LogP contribution in [-0.4, -0.2) is 40.1 Å². The zero-order chi connectivity index (χ0) is 18.7. The normalized spacial score (nSPS) is 10.7. The predicted molar refractivity (Wildman–Crippen MR) is 97.1 cm³/mol. The summed E-state index contributed by atoms with van der Waals surface area (Å²) in [4.78, 5) is 28.0. The average Bonchev–Trinajstić information content (AvgIpc) is 3.11. The number of fused-ring (bicyclic) bond motifs is 1. The molecule has 2 heterocycles. The van der Waals surface area contributed by atoms with Crippen LogP contribution in [0.25, 0.3) is 16.9 Å². The Bertz CT molecular complexity index is 961. The summed E-state index contributed by atoms with van der Waals surface area (Å²) in [6.07, 6.45) is 0.697. The number of rotatable bonds is 5. The van der Waals surface area contributed by atoms with E-state index >= 15 is 0 Å². The summed E-state index contributed by atoms with van der Waals surface area (Å²) < 4.78 is 6.77. The van der Waals surface area contributed by atoms with Gasteiger partial charge in [0.15, 0.2) is 11.3 Å². The highest BCUT2D eigenvalue weighted by molar-refractivity contribution is 5.94. The van der Waals surface area contributed by atoms with Gasteiger partial charge in [-0.3, -0.25) is 4.79 Å². The van der Waals surface area contributed by atoms with Gasteiger partial charge in [-0.2, -0.15) is 5.10 Å². The highest BCUT2D eigenvalue weighted by Gasteiger charge is 2.15. The van der Waals surface area contributed by atoms with Crippen LogP contribution in [0.1, 0.15) is 40.4 Å². The van der Waals surface area contributed by atoms with Gasteiger partial charge in [0.2, 0.25) is 0 Å². The van der Waals surface area contributed by atoms with E-state index in [0.29, 0.717) is 24.2 Å². The lowest BCUT2D eigenvalue weighted by atomic mass is 10.1. The number of benzene rings is 1. The molecule has 3 rings (SSSR count). The van der Waals surface area contributed by atoms with Crippen molar-refractivity contribution in [2.75, 3.05) is 13.7 Å². The van der Waals surface area contributed by atoms with E-state index in [4.69, 9.17) is 4.74 Å². The molecule has 0 saturated carbocycles. The van der Waals surface area contributed by atoms with Gasteiger partial charge in [-0.25, -0.2) is 14.3 Å². The van der Waals surface area contributed by atoms with Crippen LogP contribution in [0.4, 0.5) is 0 Å². The summed E-state index contributed by atoms with van der Waals surface area (Å²) in [7, 11) is 1.59. The van der Waals surface area contributed by atoms with Crippen molar-refractivity contribution in [3.05, 3.63) is 53.3 Å². The zero-order valence-corrected chi connectivity index (χ0v) is 14.9. The molecule has 2 aromatic heterocycles. The van der Waals surface area contributed by atoms with Crippen molar-refractivity contribution in [3.8, 4) is 11.3 Å². The van der Waals surface area contributed by atoms with Crippen LogP contribution in [0, 0.1) is 0 Å². The Labute approximate surface area is 151 Å². The number of carbonyl (C=O) groups excluding carboxylic acids is 2. The first-order chi connectivity index (χ1) is 12.6. The smallest absolute Gasteiger partial charge is 0.357 e. The first-order valence-corrected chi connectivity index (χ1v) is 8.46. The molecule has 1 amide bonds. The molecule has 0 atom stereocenters. The van der Waals surface area contributed by atoms with Crippen LogP contribution in [0.15, 0.2) is 36.4 Å². The number of aryl methyl sites for hydroxylation is 1. The number of carbonyl (C=O) groups is 2. The third-order valence-electron chi connectivity index (χ3n) is 4.02. The van der Waals surface area contributed by atoms with E-state index < -0.39 is 5.97 Å². The maximum Gasteiger partial charge on any atom is 0.357 e. The summed E-state index contributed by atoms with van der Waals surface area (Å²) in [6, 6.07) is 10.7. The van der Waals surface area contributed by atoms with Crippen molar-refractivity contribution >= 4 is 17.5 Å². The average molecular weight is 352 g/mol. The minimum Gasteiger partial charge on any atom is -0.461 e. The summed E-state index contributed by atoms with van der Waals surface area (Å²) in [5, 5.41) is 7.19. The van der Waals surface area contributed by atoms with Crippen molar-refractivity contribution in [3.63, 3.8) is 0 Å². The predicted octanol–water partition coefficient (Wildman–Crippen LogP) is 2.50. The van der Waals surface area contributed by atoms with Crippen LogP contribution in [0.2, 0.25) is 0 Å². The summed E-state index contributed by atoms with van der Waals surface area (Å²) in [5.74, 6) is -0.581. The molecule has 1 aromatic carbocycles. The lowest BCUT2D eigenvalue weighted by molar-refractivity contribution is 0.0519. The fourth-order valence-electron chi connectivity index (χ4n) is 2.68. The van der Waals surface area contributed by atoms with E-state index in [0.717, 1.165) is 17.0 Å². The molecule has 0 fully saturated rings. The maximum absolute atomic E-state index is 12.0. The number of nitrogens with one attached hydrogen (secondary N) is 1. The minimum absolute atomic E-state index is 0.138. The van der Waals surface area contributed by atoms with Gasteiger partial charge in [-0.15, -0.1) is 0 Å². The van der Waals surface area contributed by atoms with Crippen molar-refractivity contribution in [2.24, 2.45) is 0 Å². The molecular weight excluding hydrogens is 332 g/mol. The topological polar surface area (TPSA) is 85.6 Å². The highest BCUT2D eigenvalue weighted by Crippen LogP contribution is 2.21. The Balaban J connectivity index is 2.03. The third-order valence-corrected chi connectivity index (χ3v) is 4.02. The van der Waals surface area contributed by atoms with Crippen LogP contribution < -0.4 is 5.32 Å². The summed E-state index contributed by atoms with van der Waals surface area (Å²) in [5.41, 5.74) is 3.89. The molecule has 7 nitrogen and oxygen atoms in total. The molecule has 0 bridgehead atoms. The van der Waals surface area contributed by atoms with Crippen LogP contribution in [-0.2, 0) is 11.2 Å². The number of aromatic nitrogens is 3. The van der Waals surface area contributed by atoms with Gasteiger partial charge in [-0.1, -0.05) is 19.1 Å². The Morgan fingerprint density at radius 1 is 1.15 bits per heavy atom. The first kappa shape index (κ1) is 17.6. The first-order valence-electron chi connectivity index (χ1n) is 8.46. The molecule has 7 heteroatoms. The molecule has 0 radical (unpaired) electrons. The van der Waals surface area contributed by atoms with Gasteiger partial charge >= 0.3 is 5.97 Å². The third kappa shape index (κ3) is 3.28. The molecular formula is C19H20N4O3. The molecule has 26 heavy (non-hydrogen) atoms. The fourth-order valence-corrected chi connectivity index (χ4v) is 2.68. The van der Waals surface area contributed by atoms with Gasteiger partial charge in [-0.05, 0) is 31.5 Å². The van der Waals surface area contributed by atoms with Gasteiger partial charge in [0.25, 0.3) is 5.91 Å². The largest absolute Gasteiger partial charge is 0.461 e. The van der Waals surface area contributed by atoms with Crippen molar-refractivity contribution in [1.29, 1.82) is 0 Å². The van der Waals surface area contributed by atoms with Gasteiger partial charge in [0.05, 0.1) is 12.3 Å². The molecule has 0 saturated heterocycles. The van der Waals surface area contributed by atoms with Crippen molar-refractivity contribution < 1.29 is 14.3 Å². The zero-order valence-electron chi connectivity index (χ0n) is 14.9. The van der Waals surface area contributed by atoms with Gasteiger partial charge in [0.1, 0.15) is 0 Å². The van der Waals surface area contributed by atoms with E-state index in [2.05, 4.69) is 15.4 Å².